The summed E-state index contributed by atoms with van der Waals surface area (Å²) in [6, 6.07) is 4.34. The van der Waals surface area contributed by atoms with Crippen molar-refractivity contribution in [2.45, 2.75) is 13.8 Å². The van der Waals surface area contributed by atoms with E-state index >= 15 is 0 Å². The van der Waals surface area contributed by atoms with Gasteiger partial charge in [0.15, 0.2) is 5.13 Å². The Kier molecular flexibility index (Phi) is 3.91. The van der Waals surface area contributed by atoms with Crippen LogP contribution in [0.25, 0.3) is 10.2 Å². The number of sulfonamides is 1. The molecule has 0 spiro atoms. The molecule has 1 aliphatic rings. The minimum atomic E-state index is -3.09. The quantitative estimate of drug-likeness (QED) is 0.857. The second kappa shape index (κ2) is 5.47. The number of thiazole rings is 1. The van der Waals surface area contributed by atoms with E-state index in [2.05, 4.69) is 30.9 Å². The van der Waals surface area contributed by atoms with E-state index in [1.165, 1.54) is 26.4 Å². The van der Waals surface area contributed by atoms with Crippen molar-refractivity contribution in [3.8, 4) is 0 Å². The Hall–Kier alpha value is -1.18. The Balaban J connectivity index is 1.69. The summed E-state index contributed by atoms with van der Waals surface area (Å²) in [5, 5.41) is 1.04. The molecular weight excluding hydrogens is 318 g/mol. The number of aromatic nitrogens is 1. The first kappa shape index (κ1) is 15.7. The predicted octanol–water partition coefficient (Wildman–Crippen LogP) is 2.24. The third-order valence-corrected chi connectivity index (χ3v) is 6.47. The number of nitrogens with zero attached hydrogens (tertiary/aromatic N) is 3. The number of hydrogen-bond donors (Lipinski definition) is 0. The maximum absolute atomic E-state index is 11.4. The zero-order valence-electron chi connectivity index (χ0n) is 13.3. The van der Waals surface area contributed by atoms with Crippen LogP contribution < -0.4 is 4.90 Å². The summed E-state index contributed by atoms with van der Waals surface area (Å²) in [6.07, 6.45) is 1.25. The van der Waals surface area contributed by atoms with Crippen molar-refractivity contribution in [3.63, 3.8) is 0 Å². The molecule has 2 aromatic rings. The minimum Gasteiger partial charge on any atom is -0.347 e. The Morgan fingerprint density at radius 1 is 1.36 bits per heavy atom. The normalized spacial score (nSPS) is 16.5. The Morgan fingerprint density at radius 2 is 2.05 bits per heavy atom. The molecule has 0 N–H and O–H groups in total. The van der Waals surface area contributed by atoms with Crippen LogP contribution in [0.5, 0.6) is 0 Å². The lowest BCUT2D eigenvalue weighted by atomic mass is 10.0. The van der Waals surface area contributed by atoms with Gasteiger partial charge in [0.2, 0.25) is 10.0 Å². The smallest absolute Gasteiger partial charge is 0.210 e. The third-order valence-electron chi connectivity index (χ3n) is 4.13. The molecule has 0 aliphatic carbocycles. The molecule has 0 unspecified atom stereocenters. The van der Waals surface area contributed by atoms with Crippen molar-refractivity contribution in [3.05, 3.63) is 23.3 Å². The zero-order chi connectivity index (χ0) is 16.1. The summed E-state index contributed by atoms with van der Waals surface area (Å²) in [6.45, 7) is 6.53. The molecule has 3 rings (SSSR count). The monoisotopic (exact) mass is 339 g/mol. The Morgan fingerprint density at radius 3 is 2.68 bits per heavy atom. The van der Waals surface area contributed by atoms with E-state index in [4.69, 9.17) is 4.98 Å². The fourth-order valence-electron chi connectivity index (χ4n) is 2.83. The second-order valence-electron chi connectivity index (χ2n) is 6.24. The van der Waals surface area contributed by atoms with Gasteiger partial charge in [-0.05, 0) is 31.0 Å². The van der Waals surface area contributed by atoms with Crippen molar-refractivity contribution in [2.24, 2.45) is 5.92 Å². The Labute approximate surface area is 135 Å². The van der Waals surface area contributed by atoms with Gasteiger partial charge in [-0.1, -0.05) is 17.4 Å². The number of anilines is 1. The molecule has 1 aromatic carbocycles. The fourth-order valence-corrected chi connectivity index (χ4v) is 4.48. The molecule has 5 nitrogen and oxygen atoms in total. The highest BCUT2D eigenvalue weighted by Gasteiger charge is 2.31. The van der Waals surface area contributed by atoms with Crippen molar-refractivity contribution in [1.29, 1.82) is 0 Å². The van der Waals surface area contributed by atoms with Gasteiger partial charge in [0.1, 0.15) is 0 Å². The molecule has 1 aromatic heterocycles. The molecule has 7 heteroatoms. The predicted molar refractivity (Wildman–Crippen MR) is 92.3 cm³/mol. The summed E-state index contributed by atoms with van der Waals surface area (Å²) in [5.74, 6) is 0.384. The fraction of sp³-hybridized carbons (Fsp3) is 0.533. The van der Waals surface area contributed by atoms with Crippen molar-refractivity contribution >= 4 is 36.7 Å². The van der Waals surface area contributed by atoms with Gasteiger partial charge in [-0.3, -0.25) is 0 Å². The molecular formula is C15H21N3O2S2. The number of hydrogen-bond acceptors (Lipinski definition) is 5. The van der Waals surface area contributed by atoms with Gasteiger partial charge in [-0.15, -0.1) is 0 Å². The van der Waals surface area contributed by atoms with Crippen LogP contribution in [0.3, 0.4) is 0 Å². The molecule has 0 bridgehead atoms. The standard InChI is InChI=1S/C15H21N3O2S2/c1-10-5-11(2)14-13(6-10)21-15(16-14)18-8-12(9-18)7-17(3)22(4,19)20/h5-6,12H,7-9H2,1-4H3. The summed E-state index contributed by atoms with van der Waals surface area (Å²) < 4.78 is 25.6. The van der Waals surface area contributed by atoms with Gasteiger partial charge in [-0.25, -0.2) is 17.7 Å². The van der Waals surface area contributed by atoms with Gasteiger partial charge in [0.05, 0.1) is 16.5 Å². The average molecular weight is 339 g/mol. The number of aryl methyl sites for hydroxylation is 2. The first-order chi connectivity index (χ1) is 10.2. The van der Waals surface area contributed by atoms with E-state index in [0.29, 0.717) is 12.5 Å². The first-order valence-corrected chi connectivity index (χ1v) is 9.94. The highest BCUT2D eigenvalue weighted by molar-refractivity contribution is 7.88. The highest BCUT2D eigenvalue weighted by atomic mass is 32.2. The van der Waals surface area contributed by atoms with Crippen LogP contribution in [0.1, 0.15) is 11.1 Å². The van der Waals surface area contributed by atoms with Gasteiger partial charge in [-0.2, -0.15) is 0 Å². The minimum absolute atomic E-state index is 0.384. The van der Waals surface area contributed by atoms with Crippen LogP contribution in [0.15, 0.2) is 12.1 Å². The summed E-state index contributed by atoms with van der Waals surface area (Å²) >= 11 is 1.72. The lowest BCUT2D eigenvalue weighted by Crippen LogP contribution is -2.51. The molecule has 1 aliphatic heterocycles. The van der Waals surface area contributed by atoms with Crippen LogP contribution in [-0.2, 0) is 10.0 Å². The van der Waals surface area contributed by atoms with Crippen LogP contribution in [-0.4, -0.2) is 50.6 Å². The van der Waals surface area contributed by atoms with Gasteiger partial charge in [0.25, 0.3) is 0 Å². The van der Waals surface area contributed by atoms with Gasteiger partial charge >= 0.3 is 0 Å². The summed E-state index contributed by atoms with van der Waals surface area (Å²) in [4.78, 5) is 6.99. The van der Waals surface area contributed by atoms with E-state index < -0.39 is 10.0 Å². The number of fused-ring (bicyclic) bond motifs is 1. The molecule has 1 saturated heterocycles. The lowest BCUT2D eigenvalue weighted by molar-refractivity contribution is 0.328. The van der Waals surface area contributed by atoms with E-state index in [-0.39, 0.29) is 0 Å². The maximum Gasteiger partial charge on any atom is 0.210 e. The van der Waals surface area contributed by atoms with Crippen LogP contribution in [0.2, 0.25) is 0 Å². The van der Waals surface area contributed by atoms with Crippen molar-refractivity contribution < 1.29 is 8.42 Å². The van der Waals surface area contributed by atoms with Crippen LogP contribution in [0.4, 0.5) is 5.13 Å². The lowest BCUT2D eigenvalue weighted by Gasteiger charge is -2.40. The molecule has 0 amide bonds. The highest BCUT2D eigenvalue weighted by Crippen LogP contribution is 2.34. The molecule has 0 atom stereocenters. The third kappa shape index (κ3) is 2.98. The molecule has 0 radical (unpaired) electrons. The molecule has 2 heterocycles. The number of benzene rings is 1. The molecule has 120 valence electrons. The first-order valence-electron chi connectivity index (χ1n) is 7.28. The van der Waals surface area contributed by atoms with E-state index in [0.717, 1.165) is 23.7 Å². The number of rotatable bonds is 4. The van der Waals surface area contributed by atoms with Crippen LogP contribution >= 0.6 is 11.3 Å². The van der Waals surface area contributed by atoms with E-state index in [1.807, 2.05) is 0 Å². The second-order valence-corrected chi connectivity index (χ2v) is 9.34. The van der Waals surface area contributed by atoms with Gasteiger partial charge in [0, 0.05) is 32.6 Å². The summed E-state index contributed by atoms with van der Waals surface area (Å²) in [7, 11) is -1.44. The average Bonchev–Trinajstić information content (AvgIpc) is 2.75. The zero-order valence-corrected chi connectivity index (χ0v) is 15.0. The van der Waals surface area contributed by atoms with Crippen molar-refractivity contribution in [1.82, 2.24) is 9.29 Å². The van der Waals surface area contributed by atoms with Crippen LogP contribution in [0, 0.1) is 19.8 Å². The maximum atomic E-state index is 11.4. The topological polar surface area (TPSA) is 53.5 Å². The van der Waals surface area contributed by atoms with Gasteiger partial charge < -0.3 is 4.90 Å². The largest absolute Gasteiger partial charge is 0.347 e. The van der Waals surface area contributed by atoms with E-state index in [9.17, 15) is 8.42 Å². The molecule has 1 fully saturated rings. The SMILES string of the molecule is Cc1cc(C)c2nc(N3CC(CN(C)S(C)(=O)=O)C3)sc2c1. The summed E-state index contributed by atoms with van der Waals surface area (Å²) in [5.41, 5.74) is 3.56. The van der Waals surface area contributed by atoms with E-state index in [1.54, 1.807) is 18.4 Å². The molecule has 0 saturated carbocycles. The van der Waals surface area contributed by atoms with Crippen molar-refractivity contribution in [2.75, 3.05) is 37.8 Å². The molecule has 22 heavy (non-hydrogen) atoms. The Bertz CT molecular complexity index is 808.